The summed E-state index contributed by atoms with van der Waals surface area (Å²) in [5.74, 6) is 3.69. The van der Waals surface area contributed by atoms with Crippen LogP contribution in [0.3, 0.4) is 0 Å². The van der Waals surface area contributed by atoms with Gasteiger partial charge >= 0.3 is 0 Å². The van der Waals surface area contributed by atoms with Crippen molar-refractivity contribution in [3.63, 3.8) is 0 Å². The second-order valence-electron chi connectivity index (χ2n) is 6.57. The van der Waals surface area contributed by atoms with Gasteiger partial charge in [-0.3, -0.25) is 4.79 Å². The molecule has 0 N–H and O–H groups in total. The van der Waals surface area contributed by atoms with E-state index in [9.17, 15) is 4.79 Å². The number of likely N-dealkylation sites (tertiary alicyclic amines) is 1. The van der Waals surface area contributed by atoms with E-state index in [2.05, 4.69) is 17.1 Å². The molecule has 2 nitrogen and oxygen atoms in total. The van der Waals surface area contributed by atoms with E-state index in [-0.39, 0.29) is 5.78 Å². The van der Waals surface area contributed by atoms with E-state index in [0.717, 1.165) is 35.8 Å². The Kier molecular flexibility index (Phi) is 2.99. The highest BCUT2D eigenvalue weighted by Gasteiger charge is 2.48. The van der Waals surface area contributed by atoms with Gasteiger partial charge in [0, 0.05) is 31.6 Å². The fraction of sp³-hybridized carbons (Fsp3) is 0.500. The summed E-state index contributed by atoms with van der Waals surface area (Å²) in [7, 11) is 0. The van der Waals surface area contributed by atoms with Crippen LogP contribution in [0.4, 0.5) is 0 Å². The van der Waals surface area contributed by atoms with Gasteiger partial charge in [0.2, 0.25) is 0 Å². The summed E-state index contributed by atoms with van der Waals surface area (Å²) >= 11 is 0. The molecule has 0 aromatic heterocycles. The van der Waals surface area contributed by atoms with Crippen LogP contribution in [0.25, 0.3) is 0 Å². The van der Waals surface area contributed by atoms with E-state index < -0.39 is 0 Å². The second-order valence-corrected chi connectivity index (χ2v) is 6.57. The molecule has 1 aromatic carbocycles. The molecule has 1 aromatic rings. The molecule has 1 saturated heterocycles. The van der Waals surface area contributed by atoms with Crippen LogP contribution >= 0.6 is 0 Å². The Morgan fingerprint density at radius 3 is 2.35 bits per heavy atom. The molecule has 2 fully saturated rings. The van der Waals surface area contributed by atoms with E-state index in [1.165, 1.54) is 19.5 Å². The number of carbonyl (C=O) groups is 1. The van der Waals surface area contributed by atoms with Crippen molar-refractivity contribution in [2.24, 2.45) is 23.7 Å². The fourth-order valence-corrected chi connectivity index (χ4v) is 4.45. The van der Waals surface area contributed by atoms with Gasteiger partial charge in [-0.1, -0.05) is 42.5 Å². The van der Waals surface area contributed by atoms with Crippen LogP contribution in [0.5, 0.6) is 0 Å². The lowest BCUT2D eigenvalue weighted by atomic mass is 9.86. The molecule has 1 saturated carbocycles. The van der Waals surface area contributed by atoms with Crippen molar-refractivity contribution < 1.29 is 4.79 Å². The average molecular weight is 267 g/mol. The normalized spacial score (nSPS) is 34.6. The second kappa shape index (κ2) is 4.85. The van der Waals surface area contributed by atoms with Crippen LogP contribution in [0.2, 0.25) is 0 Å². The molecule has 3 aliphatic rings. The van der Waals surface area contributed by atoms with Crippen LogP contribution in [0.1, 0.15) is 23.2 Å². The molecular formula is C18H21NO. The SMILES string of the molecule is O=C(CCN1CC2C3C=CC(C3)C2C1)c1ccccc1. The summed E-state index contributed by atoms with van der Waals surface area (Å²) in [4.78, 5) is 14.7. The average Bonchev–Trinajstić information content (AvgIpc) is 3.18. The number of benzene rings is 1. The number of hydrogen-bond acceptors (Lipinski definition) is 2. The quantitative estimate of drug-likeness (QED) is 0.617. The van der Waals surface area contributed by atoms with Gasteiger partial charge in [-0.05, 0) is 30.1 Å². The number of ketones is 1. The number of hydrogen-bond donors (Lipinski definition) is 0. The number of carbonyl (C=O) groups excluding carboxylic acids is 1. The third kappa shape index (κ3) is 2.03. The lowest BCUT2D eigenvalue weighted by Crippen LogP contribution is -2.25. The Labute approximate surface area is 120 Å². The predicted octanol–water partition coefficient (Wildman–Crippen LogP) is 3.01. The van der Waals surface area contributed by atoms with E-state index in [4.69, 9.17) is 0 Å². The maximum absolute atomic E-state index is 12.1. The lowest BCUT2D eigenvalue weighted by molar-refractivity contribution is 0.0967. The Hall–Kier alpha value is -1.41. The Morgan fingerprint density at radius 1 is 1.05 bits per heavy atom. The highest BCUT2D eigenvalue weighted by molar-refractivity contribution is 5.96. The van der Waals surface area contributed by atoms with E-state index in [1.807, 2.05) is 30.3 Å². The van der Waals surface area contributed by atoms with E-state index in [0.29, 0.717) is 6.42 Å². The summed E-state index contributed by atoms with van der Waals surface area (Å²) < 4.78 is 0. The van der Waals surface area contributed by atoms with Gasteiger partial charge in [-0.25, -0.2) is 0 Å². The van der Waals surface area contributed by atoms with Gasteiger partial charge in [0.05, 0.1) is 0 Å². The highest BCUT2D eigenvalue weighted by atomic mass is 16.1. The summed E-state index contributed by atoms with van der Waals surface area (Å²) in [6.07, 6.45) is 6.92. The van der Waals surface area contributed by atoms with Gasteiger partial charge in [-0.2, -0.15) is 0 Å². The van der Waals surface area contributed by atoms with E-state index in [1.54, 1.807) is 0 Å². The van der Waals surface area contributed by atoms with Gasteiger partial charge < -0.3 is 4.90 Å². The molecule has 4 atom stereocenters. The van der Waals surface area contributed by atoms with Crippen LogP contribution in [-0.4, -0.2) is 30.3 Å². The largest absolute Gasteiger partial charge is 0.302 e. The molecule has 0 spiro atoms. The van der Waals surface area contributed by atoms with Crippen molar-refractivity contribution in [2.45, 2.75) is 12.8 Å². The van der Waals surface area contributed by atoms with Crippen molar-refractivity contribution in [3.05, 3.63) is 48.0 Å². The first-order valence-electron chi connectivity index (χ1n) is 7.80. The molecule has 2 bridgehead atoms. The molecule has 0 radical (unpaired) electrons. The van der Waals surface area contributed by atoms with Crippen LogP contribution < -0.4 is 0 Å². The molecule has 4 rings (SSSR count). The first-order valence-corrected chi connectivity index (χ1v) is 7.80. The maximum Gasteiger partial charge on any atom is 0.164 e. The molecule has 20 heavy (non-hydrogen) atoms. The Morgan fingerprint density at radius 2 is 1.70 bits per heavy atom. The third-order valence-corrected chi connectivity index (χ3v) is 5.49. The number of nitrogens with zero attached hydrogens (tertiary/aromatic N) is 1. The molecule has 2 aliphatic carbocycles. The zero-order valence-electron chi connectivity index (χ0n) is 11.7. The fourth-order valence-electron chi connectivity index (χ4n) is 4.45. The van der Waals surface area contributed by atoms with Crippen molar-refractivity contribution in [1.29, 1.82) is 0 Å². The third-order valence-electron chi connectivity index (χ3n) is 5.49. The van der Waals surface area contributed by atoms with Crippen molar-refractivity contribution >= 4 is 5.78 Å². The summed E-state index contributed by atoms with van der Waals surface area (Å²) in [6.45, 7) is 3.34. The molecule has 104 valence electrons. The minimum absolute atomic E-state index is 0.281. The first kappa shape index (κ1) is 12.3. The van der Waals surface area contributed by atoms with Gasteiger partial charge in [0.15, 0.2) is 5.78 Å². The highest BCUT2D eigenvalue weighted by Crippen LogP contribution is 2.51. The molecule has 0 amide bonds. The van der Waals surface area contributed by atoms with Crippen molar-refractivity contribution in [3.8, 4) is 0 Å². The van der Waals surface area contributed by atoms with Crippen LogP contribution in [0.15, 0.2) is 42.5 Å². The first-order chi connectivity index (χ1) is 9.81. The van der Waals surface area contributed by atoms with E-state index >= 15 is 0 Å². The standard InChI is InChI=1S/C18H21NO/c20-18(13-4-2-1-3-5-13)8-9-19-11-16-14-6-7-15(10-14)17(16)12-19/h1-7,14-17H,8-12H2. The molecule has 1 heterocycles. The van der Waals surface area contributed by atoms with Gasteiger partial charge in [0.1, 0.15) is 0 Å². The number of Topliss-reactive ketones (excluding diaryl/α,β-unsaturated/α-hetero) is 1. The lowest BCUT2D eigenvalue weighted by Gasteiger charge is -2.17. The zero-order chi connectivity index (χ0) is 13.5. The molecule has 4 unspecified atom stereocenters. The van der Waals surface area contributed by atoms with Crippen molar-refractivity contribution in [1.82, 2.24) is 4.90 Å². The maximum atomic E-state index is 12.1. The van der Waals surface area contributed by atoms with Crippen LogP contribution in [-0.2, 0) is 0 Å². The predicted molar refractivity (Wildman–Crippen MR) is 79.5 cm³/mol. The molecule has 2 heteroatoms. The Balaban J connectivity index is 1.33. The summed E-state index contributed by atoms with van der Waals surface area (Å²) in [5, 5.41) is 0. The van der Waals surface area contributed by atoms with Crippen LogP contribution in [0, 0.1) is 23.7 Å². The number of allylic oxidation sites excluding steroid dienone is 2. The van der Waals surface area contributed by atoms with Gasteiger partial charge in [0.25, 0.3) is 0 Å². The minimum atomic E-state index is 0.281. The Bertz CT molecular complexity index is 516. The minimum Gasteiger partial charge on any atom is -0.302 e. The topological polar surface area (TPSA) is 20.3 Å². The number of rotatable bonds is 4. The zero-order valence-corrected chi connectivity index (χ0v) is 11.7. The summed E-state index contributed by atoms with van der Waals surface area (Å²) in [5.41, 5.74) is 0.855. The molecular weight excluding hydrogens is 246 g/mol. The van der Waals surface area contributed by atoms with Gasteiger partial charge in [-0.15, -0.1) is 0 Å². The summed E-state index contributed by atoms with van der Waals surface area (Å²) in [6, 6.07) is 9.69. The monoisotopic (exact) mass is 267 g/mol. The van der Waals surface area contributed by atoms with Crippen molar-refractivity contribution in [2.75, 3.05) is 19.6 Å². The molecule has 1 aliphatic heterocycles. The number of fused-ring (bicyclic) bond motifs is 5. The smallest absolute Gasteiger partial charge is 0.164 e.